The zero-order chi connectivity index (χ0) is 17.3. The number of nitrogens with zero attached hydrogens (tertiary/aromatic N) is 1. The molecule has 126 valence electrons. The number of rotatable bonds is 3. The first-order chi connectivity index (χ1) is 10.6. The first kappa shape index (κ1) is 16.9. The number of carboxylic acid groups (broad SMARTS) is 1. The maximum Gasteiger partial charge on any atom is 0.408 e. The lowest BCUT2D eigenvalue weighted by molar-refractivity contribution is -0.144. The standard InChI is InChI=1S/C15H20N2O6/c1-14(2,3)23-13(21)16-15(12(19)20)6-7-17(9-15)11(18)10-5-4-8-22-10/h4-5,8H,6-7,9H2,1-3H3,(H,16,21)(H,19,20). The van der Waals surface area contributed by atoms with Crippen molar-refractivity contribution in [1.29, 1.82) is 0 Å². The van der Waals surface area contributed by atoms with E-state index in [9.17, 15) is 19.5 Å². The summed E-state index contributed by atoms with van der Waals surface area (Å²) < 4.78 is 10.1. The molecule has 1 fully saturated rings. The molecule has 0 spiro atoms. The minimum absolute atomic E-state index is 0.0913. The third-order valence-corrected chi connectivity index (χ3v) is 3.44. The number of hydrogen-bond donors (Lipinski definition) is 2. The Hall–Kier alpha value is -2.51. The molecule has 0 radical (unpaired) electrons. The van der Waals surface area contributed by atoms with E-state index < -0.39 is 29.1 Å². The van der Waals surface area contributed by atoms with Crippen LogP contribution in [-0.4, -0.2) is 52.2 Å². The van der Waals surface area contributed by atoms with Gasteiger partial charge in [0.2, 0.25) is 0 Å². The summed E-state index contributed by atoms with van der Waals surface area (Å²) in [5.74, 6) is -1.49. The smallest absolute Gasteiger partial charge is 0.408 e. The predicted molar refractivity (Wildman–Crippen MR) is 79.0 cm³/mol. The molecule has 1 aromatic rings. The summed E-state index contributed by atoms with van der Waals surface area (Å²) in [6, 6.07) is 3.08. The van der Waals surface area contributed by atoms with Gasteiger partial charge in [-0.1, -0.05) is 0 Å². The number of carbonyl (C=O) groups excluding carboxylic acids is 2. The molecule has 2 amide bonds. The number of furan rings is 1. The Morgan fingerprint density at radius 3 is 2.61 bits per heavy atom. The van der Waals surface area contributed by atoms with E-state index in [1.807, 2.05) is 0 Å². The number of ether oxygens (including phenoxy) is 1. The van der Waals surface area contributed by atoms with Gasteiger partial charge in [0.15, 0.2) is 11.3 Å². The molecule has 1 saturated heterocycles. The first-order valence-corrected chi connectivity index (χ1v) is 7.20. The molecule has 1 atom stereocenters. The highest BCUT2D eigenvalue weighted by molar-refractivity contribution is 5.93. The average Bonchev–Trinajstić information content (AvgIpc) is 3.05. The summed E-state index contributed by atoms with van der Waals surface area (Å²) in [6.07, 6.45) is 0.632. The van der Waals surface area contributed by atoms with Crippen LogP contribution in [0.1, 0.15) is 37.7 Å². The first-order valence-electron chi connectivity index (χ1n) is 7.20. The number of aliphatic carboxylic acids is 1. The molecular formula is C15H20N2O6. The van der Waals surface area contributed by atoms with Crippen LogP contribution in [0.4, 0.5) is 4.79 Å². The van der Waals surface area contributed by atoms with Gasteiger partial charge in [-0.2, -0.15) is 0 Å². The molecule has 0 bridgehead atoms. The lowest BCUT2D eigenvalue weighted by atomic mass is 9.99. The van der Waals surface area contributed by atoms with Crippen molar-refractivity contribution in [1.82, 2.24) is 10.2 Å². The van der Waals surface area contributed by atoms with E-state index in [0.29, 0.717) is 0 Å². The van der Waals surface area contributed by atoms with Crippen molar-refractivity contribution in [3.63, 3.8) is 0 Å². The van der Waals surface area contributed by atoms with Crippen molar-refractivity contribution in [3.05, 3.63) is 24.2 Å². The second-order valence-electron chi connectivity index (χ2n) is 6.47. The van der Waals surface area contributed by atoms with E-state index in [2.05, 4.69) is 5.32 Å². The Labute approximate surface area is 133 Å². The van der Waals surface area contributed by atoms with Gasteiger partial charge in [0, 0.05) is 13.0 Å². The molecule has 0 aromatic carbocycles. The quantitative estimate of drug-likeness (QED) is 0.871. The molecule has 8 heteroatoms. The van der Waals surface area contributed by atoms with Gasteiger partial charge >= 0.3 is 12.1 Å². The maximum absolute atomic E-state index is 12.2. The third-order valence-electron chi connectivity index (χ3n) is 3.44. The number of carbonyl (C=O) groups is 3. The Kier molecular flexibility index (Phi) is 4.35. The monoisotopic (exact) mass is 324 g/mol. The second kappa shape index (κ2) is 5.94. The van der Waals surface area contributed by atoms with Crippen molar-refractivity contribution in [3.8, 4) is 0 Å². The molecule has 2 heterocycles. The summed E-state index contributed by atoms with van der Waals surface area (Å²) in [5.41, 5.74) is -2.31. The molecule has 0 saturated carbocycles. The van der Waals surface area contributed by atoms with Gasteiger partial charge in [-0.05, 0) is 32.9 Å². The zero-order valence-corrected chi connectivity index (χ0v) is 13.3. The van der Waals surface area contributed by atoms with Crippen LogP contribution in [0.25, 0.3) is 0 Å². The van der Waals surface area contributed by atoms with Gasteiger partial charge in [0.1, 0.15) is 5.60 Å². The number of alkyl carbamates (subject to hydrolysis) is 1. The van der Waals surface area contributed by atoms with Crippen LogP contribution < -0.4 is 5.32 Å². The largest absolute Gasteiger partial charge is 0.479 e. The average molecular weight is 324 g/mol. The highest BCUT2D eigenvalue weighted by atomic mass is 16.6. The highest BCUT2D eigenvalue weighted by Gasteiger charge is 2.48. The number of hydrogen-bond acceptors (Lipinski definition) is 5. The third kappa shape index (κ3) is 3.82. The van der Waals surface area contributed by atoms with E-state index in [4.69, 9.17) is 9.15 Å². The van der Waals surface area contributed by atoms with Crippen LogP contribution in [0.2, 0.25) is 0 Å². The molecule has 23 heavy (non-hydrogen) atoms. The molecule has 8 nitrogen and oxygen atoms in total. The fourth-order valence-corrected chi connectivity index (χ4v) is 2.37. The predicted octanol–water partition coefficient (Wildman–Crippen LogP) is 1.47. The van der Waals surface area contributed by atoms with Crippen molar-refractivity contribution < 1.29 is 28.6 Å². The molecule has 0 aliphatic carbocycles. The van der Waals surface area contributed by atoms with Gasteiger partial charge < -0.3 is 24.5 Å². The molecule has 1 unspecified atom stereocenters. The molecule has 2 rings (SSSR count). The van der Waals surface area contributed by atoms with Crippen molar-refractivity contribution >= 4 is 18.0 Å². The number of carboxylic acids is 1. The van der Waals surface area contributed by atoms with Crippen LogP contribution in [0.5, 0.6) is 0 Å². The summed E-state index contributed by atoms with van der Waals surface area (Å²) in [5, 5.41) is 11.9. The van der Waals surface area contributed by atoms with Gasteiger partial charge in [-0.25, -0.2) is 9.59 Å². The summed E-state index contributed by atoms with van der Waals surface area (Å²) in [4.78, 5) is 37.1. The number of amides is 2. The lowest BCUT2D eigenvalue weighted by Gasteiger charge is -2.28. The van der Waals surface area contributed by atoms with Gasteiger partial charge in [0.05, 0.1) is 12.8 Å². The second-order valence-corrected chi connectivity index (χ2v) is 6.47. The summed E-state index contributed by atoms with van der Waals surface area (Å²) >= 11 is 0. The van der Waals surface area contributed by atoms with Crippen LogP contribution in [-0.2, 0) is 9.53 Å². The summed E-state index contributed by atoms with van der Waals surface area (Å²) in [7, 11) is 0. The van der Waals surface area contributed by atoms with Gasteiger partial charge in [0.25, 0.3) is 5.91 Å². The van der Waals surface area contributed by atoms with Gasteiger partial charge in [-0.3, -0.25) is 4.79 Å². The lowest BCUT2D eigenvalue weighted by Crippen LogP contribution is -2.57. The Bertz CT molecular complexity index is 604. The van der Waals surface area contributed by atoms with E-state index in [0.717, 1.165) is 0 Å². The van der Waals surface area contributed by atoms with Crippen molar-refractivity contribution in [2.45, 2.75) is 38.3 Å². The molecule has 1 aliphatic rings. The number of nitrogens with one attached hydrogen (secondary N) is 1. The Balaban J connectivity index is 2.10. The minimum Gasteiger partial charge on any atom is -0.479 e. The van der Waals surface area contributed by atoms with Crippen LogP contribution in [0.15, 0.2) is 22.8 Å². The SMILES string of the molecule is CC(C)(C)OC(=O)NC1(C(=O)O)CCN(C(=O)c2ccco2)C1. The highest BCUT2D eigenvalue weighted by Crippen LogP contribution is 2.24. The normalized spacial score (nSPS) is 21.1. The van der Waals surface area contributed by atoms with Crippen LogP contribution in [0.3, 0.4) is 0 Å². The molecule has 2 N–H and O–H groups in total. The van der Waals surface area contributed by atoms with E-state index in [1.165, 1.54) is 17.2 Å². The van der Waals surface area contributed by atoms with Gasteiger partial charge in [-0.15, -0.1) is 0 Å². The fraction of sp³-hybridized carbons (Fsp3) is 0.533. The fourth-order valence-electron chi connectivity index (χ4n) is 2.37. The molecular weight excluding hydrogens is 304 g/mol. The Morgan fingerprint density at radius 1 is 1.39 bits per heavy atom. The molecule has 1 aliphatic heterocycles. The van der Waals surface area contributed by atoms with Crippen molar-refractivity contribution in [2.75, 3.05) is 13.1 Å². The van der Waals surface area contributed by atoms with E-state index in [-0.39, 0.29) is 25.3 Å². The zero-order valence-electron chi connectivity index (χ0n) is 13.3. The van der Waals surface area contributed by atoms with E-state index in [1.54, 1.807) is 26.8 Å². The van der Waals surface area contributed by atoms with Crippen molar-refractivity contribution in [2.24, 2.45) is 0 Å². The molecule has 1 aromatic heterocycles. The van der Waals surface area contributed by atoms with Crippen LogP contribution in [0, 0.1) is 0 Å². The maximum atomic E-state index is 12.2. The van der Waals surface area contributed by atoms with E-state index >= 15 is 0 Å². The van der Waals surface area contributed by atoms with Crippen LogP contribution >= 0.6 is 0 Å². The Morgan fingerprint density at radius 2 is 2.09 bits per heavy atom. The summed E-state index contributed by atoms with van der Waals surface area (Å²) in [6.45, 7) is 5.09. The number of likely N-dealkylation sites (tertiary alicyclic amines) is 1. The topological polar surface area (TPSA) is 109 Å². The minimum atomic E-state index is -1.56.